The van der Waals surface area contributed by atoms with Crippen LogP contribution in [0.1, 0.15) is 65.2 Å². The molecule has 0 radical (unpaired) electrons. The standard InChI is InChI=1S/C15H30N2.BrH/c1-4-5-6-7-8-9-10-11-12-17-14-13-16(3)15(17)2;/h13-15H,4-12H2,1-3H3;1H. The number of halogens is 1. The molecule has 0 aliphatic carbocycles. The van der Waals surface area contributed by atoms with Crippen molar-refractivity contribution in [3.63, 3.8) is 0 Å². The fraction of sp³-hybridized carbons (Fsp3) is 0.867. The number of nitrogens with zero attached hydrogens (tertiary/aromatic N) is 2. The zero-order valence-corrected chi connectivity index (χ0v) is 14.1. The molecule has 0 aromatic rings. The minimum atomic E-state index is 0. The molecule has 0 amide bonds. The van der Waals surface area contributed by atoms with Gasteiger partial charge in [0.1, 0.15) is 0 Å². The zero-order valence-electron chi connectivity index (χ0n) is 12.4. The maximum atomic E-state index is 2.44. The molecule has 1 unspecified atom stereocenters. The molecule has 18 heavy (non-hydrogen) atoms. The van der Waals surface area contributed by atoms with Gasteiger partial charge in [-0.2, -0.15) is 0 Å². The molecule has 1 rings (SSSR count). The summed E-state index contributed by atoms with van der Waals surface area (Å²) in [5, 5.41) is 0. The van der Waals surface area contributed by atoms with Crippen molar-refractivity contribution in [1.82, 2.24) is 9.80 Å². The first-order chi connectivity index (χ1) is 8.25. The molecule has 0 saturated carbocycles. The quantitative estimate of drug-likeness (QED) is 0.565. The Morgan fingerprint density at radius 1 is 0.889 bits per heavy atom. The van der Waals surface area contributed by atoms with E-state index in [1.54, 1.807) is 0 Å². The Labute approximate surface area is 124 Å². The van der Waals surface area contributed by atoms with E-state index in [9.17, 15) is 0 Å². The Morgan fingerprint density at radius 3 is 1.94 bits per heavy atom. The second-order valence-corrected chi connectivity index (χ2v) is 5.31. The summed E-state index contributed by atoms with van der Waals surface area (Å²) in [5.41, 5.74) is 0. The SMILES string of the molecule is Br.CCCCCCCCCCN1C=CN(C)C1C. The predicted molar refractivity (Wildman–Crippen MR) is 86.0 cm³/mol. The van der Waals surface area contributed by atoms with Crippen LogP contribution in [-0.2, 0) is 0 Å². The van der Waals surface area contributed by atoms with E-state index in [-0.39, 0.29) is 17.0 Å². The van der Waals surface area contributed by atoms with E-state index in [2.05, 4.69) is 43.1 Å². The van der Waals surface area contributed by atoms with Crippen molar-refractivity contribution in [1.29, 1.82) is 0 Å². The van der Waals surface area contributed by atoms with Crippen LogP contribution in [0.25, 0.3) is 0 Å². The van der Waals surface area contributed by atoms with Gasteiger partial charge in [-0.05, 0) is 13.3 Å². The van der Waals surface area contributed by atoms with Crippen molar-refractivity contribution < 1.29 is 0 Å². The molecule has 0 aromatic carbocycles. The molecule has 0 saturated heterocycles. The minimum absolute atomic E-state index is 0. The van der Waals surface area contributed by atoms with Gasteiger partial charge >= 0.3 is 0 Å². The number of rotatable bonds is 9. The Hall–Kier alpha value is -0.180. The summed E-state index contributed by atoms with van der Waals surface area (Å²) in [6, 6.07) is 0. The first-order valence-electron chi connectivity index (χ1n) is 7.41. The lowest BCUT2D eigenvalue weighted by molar-refractivity contribution is 0.192. The summed E-state index contributed by atoms with van der Waals surface area (Å²) in [6.07, 6.45) is 16.2. The third-order valence-corrected chi connectivity index (χ3v) is 3.83. The van der Waals surface area contributed by atoms with Gasteiger partial charge in [-0.15, -0.1) is 17.0 Å². The molecule has 1 atom stereocenters. The molecule has 0 aromatic heterocycles. The molecule has 0 bridgehead atoms. The summed E-state index contributed by atoms with van der Waals surface area (Å²) in [4.78, 5) is 4.71. The topological polar surface area (TPSA) is 6.48 Å². The molecule has 1 heterocycles. The number of hydrogen-bond donors (Lipinski definition) is 0. The fourth-order valence-corrected chi connectivity index (χ4v) is 2.36. The largest absolute Gasteiger partial charge is 0.359 e. The van der Waals surface area contributed by atoms with Gasteiger partial charge in [0.15, 0.2) is 0 Å². The van der Waals surface area contributed by atoms with Crippen molar-refractivity contribution in [2.45, 2.75) is 71.4 Å². The maximum absolute atomic E-state index is 2.44. The average molecular weight is 319 g/mol. The van der Waals surface area contributed by atoms with E-state index in [1.807, 2.05) is 0 Å². The van der Waals surface area contributed by atoms with Crippen LogP contribution in [0.4, 0.5) is 0 Å². The normalized spacial score (nSPS) is 18.3. The molecule has 108 valence electrons. The summed E-state index contributed by atoms with van der Waals surface area (Å²) in [6.45, 7) is 5.77. The zero-order chi connectivity index (χ0) is 12.5. The Kier molecular flexibility index (Phi) is 10.6. The molecule has 0 spiro atoms. The lowest BCUT2D eigenvalue weighted by atomic mass is 10.1. The van der Waals surface area contributed by atoms with Gasteiger partial charge in [0.2, 0.25) is 0 Å². The van der Waals surface area contributed by atoms with Crippen LogP contribution in [0.5, 0.6) is 0 Å². The highest BCUT2D eigenvalue weighted by molar-refractivity contribution is 8.93. The Bertz CT molecular complexity index is 219. The van der Waals surface area contributed by atoms with Crippen LogP contribution in [0.15, 0.2) is 12.4 Å². The van der Waals surface area contributed by atoms with Crippen LogP contribution in [0.2, 0.25) is 0 Å². The highest BCUT2D eigenvalue weighted by Gasteiger charge is 2.17. The van der Waals surface area contributed by atoms with Crippen LogP contribution >= 0.6 is 17.0 Å². The van der Waals surface area contributed by atoms with E-state index in [0.717, 1.165) is 0 Å². The molecule has 2 nitrogen and oxygen atoms in total. The number of unbranched alkanes of at least 4 members (excludes halogenated alkanes) is 7. The summed E-state index contributed by atoms with van der Waals surface area (Å²) in [7, 11) is 2.15. The molecular formula is C15H31BrN2. The van der Waals surface area contributed by atoms with E-state index in [4.69, 9.17) is 0 Å². The van der Waals surface area contributed by atoms with Gasteiger partial charge in [0.25, 0.3) is 0 Å². The smallest absolute Gasteiger partial charge is 0.0974 e. The molecule has 3 heteroatoms. The van der Waals surface area contributed by atoms with Crippen molar-refractivity contribution in [3.8, 4) is 0 Å². The third kappa shape index (κ3) is 6.67. The van der Waals surface area contributed by atoms with Crippen LogP contribution in [-0.4, -0.2) is 29.6 Å². The van der Waals surface area contributed by atoms with E-state index in [1.165, 1.54) is 57.9 Å². The molecular weight excluding hydrogens is 288 g/mol. The first kappa shape index (κ1) is 17.8. The molecule has 0 fully saturated rings. The second-order valence-electron chi connectivity index (χ2n) is 5.31. The Morgan fingerprint density at radius 2 is 1.44 bits per heavy atom. The van der Waals surface area contributed by atoms with Gasteiger partial charge in [0.05, 0.1) is 6.17 Å². The van der Waals surface area contributed by atoms with E-state index < -0.39 is 0 Å². The summed E-state index contributed by atoms with van der Waals surface area (Å²) < 4.78 is 0. The van der Waals surface area contributed by atoms with Gasteiger partial charge in [-0.25, -0.2) is 0 Å². The van der Waals surface area contributed by atoms with Crippen LogP contribution in [0.3, 0.4) is 0 Å². The van der Waals surface area contributed by atoms with Gasteiger partial charge < -0.3 is 9.80 Å². The minimum Gasteiger partial charge on any atom is -0.359 e. The lowest BCUT2D eigenvalue weighted by Crippen LogP contribution is -2.34. The first-order valence-corrected chi connectivity index (χ1v) is 7.41. The van der Waals surface area contributed by atoms with Crippen LogP contribution < -0.4 is 0 Å². The van der Waals surface area contributed by atoms with Crippen molar-refractivity contribution in [3.05, 3.63) is 12.4 Å². The third-order valence-electron chi connectivity index (χ3n) is 3.83. The average Bonchev–Trinajstić information content (AvgIpc) is 2.64. The second kappa shape index (κ2) is 10.7. The van der Waals surface area contributed by atoms with E-state index in [0.29, 0.717) is 6.17 Å². The van der Waals surface area contributed by atoms with Crippen molar-refractivity contribution in [2.24, 2.45) is 0 Å². The van der Waals surface area contributed by atoms with E-state index >= 15 is 0 Å². The van der Waals surface area contributed by atoms with Gasteiger partial charge in [0, 0.05) is 26.0 Å². The summed E-state index contributed by atoms with van der Waals surface area (Å²) >= 11 is 0. The molecule has 1 aliphatic rings. The van der Waals surface area contributed by atoms with Gasteiger partial charge in [-0.3, -0.25) is 0 Å². The van der Waals surface area contributed by atoms with Crippen molar-refractivity contribution in [2.75, 3.05) is 13.6 Å². The lowest BCUT2D eigenvalue weighted by Gasteiger charge is -2.26. The highest BCUT2D eigenvalue weighted by atomic mass is 79.9. The fourth-order valence-electron chi connectivity index (χ4n) is 2.36. The van der Waals surface area contributed by atoms with Crippen molar-refractivity contribution >= 4 is 17.0 Å². The molecule has 0 N–H and O–H groups in total. The highest BCUT2D eigenvalue weighted by Crippen LogP contribution is 2.15. The maximum Gasteiger partial charge on any atom is 0.0974 e. The Balaban J connectivity index is 0.00000289. The molecule has 1 aliphatic heterocycles. The summed E-state index contributed by atoms with van der Waals surface area (Å²) in [5.74, 6) is 0. The van der Waals surface area contributed by atoms with Crippen LogP contribution in [0, 0.1) is 0 Å². The predicted octanol–water partition coefficient (Wildman–Crippen LogP) is 4.77. The van der Waals surface area contributed by atoms with Gasteiger partial charge in [-0.1, -0.05) is 51.9 Å². The monoisotopic (exact) mass is 318 g/mol. The number of hydrogen-bond acceptors (Lipinski definition) is 2.